The van der Waals surface area contributed by atoms with Crippen molar-refractivity contribution in [2.45, 2.75) is 5.92 Å². The van der Waals surface area contributed by atoms with E-state index < -0.39 is 0 Å². The van der Waals surface area contributed by atoms with E-state index in [1.54, 1.807) is 5.54 Å². The molecular formula is C15H13Cl. The Labute approximate surface area is 101 Å². The summed E-state index contributed by atoms with van der Waals surface area (Å²) in [5, 5.41) is 0. The molecule has 0 bridgehead atoms. The van der Waals surface area contributed by atoms with Gasteiger partial charge in [0.1, 0.15) is 0 Å². The maximum absolute atomic E-state index is 5.72. The number of hydrogen-bond donors (Lipinski definition) is 0. The van der Waals surface area contributed by atoms with Gasteiger partial charge >= 0.3 is 0 Å². The average molecular weight is 229 g/mol. The first-order chi connectivity index (χ1) is 7.92. The SMILES string of the molecule is Cl/C=C/C(c1ccccc1)c1ccccc1. The van der Waals surface area contributed by atoms with Crippen LogP contribution in [0.4, 0.5) is 0 Å². The molecule has 0 N–H and O–H groups in total. The van der Waals surface area contributed by atoms with Crippen LogP contribution in [0.3, 0.4) is 0 Å². The van der Waals surface area contributed by atoms with Gasteiger partial charge in [-0.05, 0) is 11.1 Å². The van der Waals surface area contributed by atoms with E-state index in [1.807, 2.05) is 42.5 Å². The molecule has 0 spiro atoms. The number of allylic oxidation sites excluding steroid dienone is 1. The zero-order valence-corrected chi connectivity index (χ0v) is 9.64. The molecule has 1 heteroatoms. The lowest BCUT2D eigenvalue weighted by Gasteiger charge is -2.13. The smallest absolute Gasteiger partial charge is 0.0280 e. The Hall–Kier alpha value is -1.53. The molecule has 0 aliphatic carbocycles. The van der Waals surface area contributed by atoms with Crippen LogP contribution in [0, 0.1) is 0 Å². The maximum atomic E-state index is 5.72. The van der Waals surface area contributed by atoms with E-state index in [0.29, 0.717) is 0 Å². The zero-order valence-electron chi connectivity index (χ0n) is 8.88. The van der Waals surface area contributed by atoms with Crippen LogP contribution in [-0.4, -0.2) is 0 Å². The minimum Gasteiger partial charge on any atom is -0.0933 e. The summed E-state index contributed by atoms with van der Waals surface area (Å²) >= 11 is 5.72. The monoisotopic (exact) mass is 228 g/mol. The predicted octanol–water partition coefficient (Wildman–Crippen LogP) is 4.57. The van der Waals surface area contributed by atoms with Crippen LogP contribution in [0.5, 0.6) is 0 Å². The van der Waals surface area contributed by atoms with E-state index in [1.165, 1.54) is 11.1 Å². The highest BCUT2D eigenvalue weighted by Crippen LogP contribution is 2.25. The highest BCUT2D eigenvalue weighted by molar-refractivity contribution is 6.25. The van der Waals surface area contributed by atoms with Gasteiger partial charge in [0.25, 0.3) is 0 Å². The largest absolute Gasteiger partial charge is 0.0933 e. The normalized spacial score (nSPS) is 11.1. The predicted molar refractivity (Wildman–Crippen MR) is 69.7 cm³/mol. The van der Waals surface area contributed by atoms with Crippen LogP contribution < -0.4 is 0 Å². The molecule has 0 nitrogen and oxygen atoms in total. The van der Waals surface area contributed by atoms with Gasteiger partial charge in [-0.25, -0.2) is 0 Å². The Bertz CT molecular complexity index is 406. The van der Waals surface area contributed by atoms with E-state index >= 15 is 0 Å². The minimum atomic E-state index is 0.236. The summed E-state index contributed by atoms with van der Waals surface area (Å²) in [5.41, 5.74) is 4.10. The van der Waals surface area contributed by atoms with Gasteiger partial charge in [0.05, 0.1) is 0 Å². The van der Waals surface area contributed by atoms with Crippen molar-refractivity contribution in [3.05, 3.63) is 83.4 Å². The van der Waals surface area contributed by atoms with Crippen LogP contribution in [0.15, 0.2) is 72.3 Å². The molecule has 0 saturated heterocycles. The lowest BCUT2D eigenvalue weighted by atomic mass is 9.92. The molecule has 0 radical (unpaired) electrons. The molecule has 0 saturated carbocycles. The molecule has 0 heterocycles. The van der Waals surface area contributed by atoms with Crippen molar-refractivity contribution in [1.29, 1.82) is 0 Å². The molecule has 0 aliphatic heterocycles. The summed E-state index contributed by atoms with van der Waals surface area (Å²) in [7, 11) is 0. The fourth-order valence-electron chi connectivity index (χ4n) is 1.81. The third kappa shape index (κ3) is 2.53. The Balaban J connectivity index is 2.39. The van der Waals surface area contributed by atoms with Crippen molar-refractivity contribution in [2.75, 3.05) is 0 Å². The number of benzene rings is 2. The van der Waals surface area contributed by atoms with Gasteiger partial charge in [-0.2, -0.15) is 0 Å². The standard InChI is InChI=1S/C15H13Cl/c16-12-11-15(13-7-3-1-4-8-13)14-9-5-2-6-10-14/h1-12,15H/b12-11+. The van der Waals surface area contributed by atoms with Crippen molar-refractivity contribution in [3.8, 4) is 0 Å². The molecule has 0 amide bonds. The van der Waals surface area contributed by atoms with Gasteiger partial charge in [-0.1, -0.05) is 78.3 Å². The van der Waals surface area contributed by atoms with Crippen LogP contribution in [0.2, 0.25) is 0 Å². The molecule has 2 aromatic carbocycles. The lowest BCUT2D eigenvalue weighted by Crippen LogP contribution is -1.96. The van der Waals surface area contributed by atoms with Crippen molar-refractivity contribution in [1.82, 2.24) is 0 Å². The van der Waals surface area contributed by atoms with Gasteiger partial charge in [0, 0.05) is 11.5 Å². The molecule has 0 aromatic heterocycles. The molecule has 2 rings (SSSR count). The van der Waals surface area contributed by atoms with E-state index in [-0.39, 0.29) is 5.92 Å². The highest BCUT2D eigenvalue weighted by atomic mass is 35.5. The van der Waals surface area contributed by atoms with Crippen LogP contribution in [0.25, 0.3) is 0 Å². The molecular weight excluding hydrogens is 216 g/mol. The minimum absolute atomic E-state index is 0.236. The topological polar surface area (TPSA) is 0 Å². The van der Waals surface area contributed by atoms with E-state index in [0.717, 1.165) is 0 Å². The van der Waals surface area contributed by atoms with Crippen molar-refractivity contribution in [3.63, 3.8) is 0 Å². The fourth-order valence-corrected chi connectivity index (χ4v) is 1.95. The van der Waals surface area contributed by atoms with Gasteiger partial charge in [0.2, 0.25) is 0 Å². The maximum Gasteiger partial charge on any atom is 0.0280 e. The van der Waals surface area contributed by atoms with Gasteiger partial charge in [-0.15, -0.1) is 0 Å². The van der Waals surface area contributed by atoms with Crippen molar-refractivity contribution in [2.24, 2.45) is 0 Å². The van der Waals surface area contributed by atoms with Crippen LogP contribution >= 0.6 is 11.6 Å². The Morgan fingerprint density at radius 3 is 1.56 bits per heavy atom. The third-order valence-electron chi connectivity index (χ3n) is 2.58. The summed E-state index contributed by atoms with van der Waals surface area (Å²) in [4.78, 5) is 0. The summed E-state index contributed by atoms with van der Waals surface area (Å²) in [6.07, 6.45) is 2.01. The summed E-state index contributed by atoms with van der Waals surface area (Å²) in [6.45, 7) is 0. The van der Waals surface area contributed by atoms with Crippen molar-refractivity contribution >= 4 is 11.6 Å². The Morgan fingerprint density at radius 2 is 1.19 bits per heavy atom. The molecule has 0 aliphatic rings. The van der Waals surface area contributed by atoms with Crippen LogP contribution in [0.1, 0.15) is 17.0 Å². The summed E-state index contributed by atoms with van der Waals surface area (Å²) in [5.74, 6) is 0.236. The first-order valence-corrected chi connectivity index (χ1v) is 5.72. The van der Waals surface area contributed by atoms with Gasteiger partial charge < -0.3 is 0 Å². The number of rotatable bonds is 3. The zero-order chi connectivity index (χ0) is 11.2. The van der Waals surface area contributed by atoms with Gasteiger partial charge in [-0.3, -0.25) is 0 Å². The first kappa shape index (κ1) is 11.0. The van der Waals surface area contributed by atoms with Crippen molar-refractivity contribution < 1.29 is 0 Å². The van der Waals surface area contributed by atoms with E-state index in [4.69, 9.17) is 11.6 Å². The third-order valence-corrected chi connectivity index (χ3v) is 2.73. The molecule has 80 valence electrons. The highest BCUT2D eigenvalue weighted by Gasteiger charge is 2.09. The molecule has 0 fully saturated rings. The second-order valence-corrected chi connectivity index (χ2v) is 3.87. The number of halogens is 1. The molecule has 0 atom stereocenters. The summed E-state index contributed by atoms with van der Waals surface area (Å²) < 4.78 is 0. The second kappa shape index (κ2) is 5.53. The molecule has 16 heavy (non-hydrogen) atoms. The van der Waals surface area contributed by atoms with Crippen LogP contribution in [-0.2, 0) is 0 Å². The lowest BCUT2D eigenvalue weighted by molar-refractivity contribution is 1.03. The number of hydrogen-bond acceptors (Lipinski definition) is 0. The van der Waals surface area contributed by atoms with E-state index in [2.05, 4.69) is 24.3 Å². The fraction of sp³-hybridized carbons (Fsp3) is 0.0667. The van der Waals surface area contributed by atoms with E-state index in [9.17, 15) is 0 Å². The van der Waals surface area contributed by atoms with Gasteiger partial charge in [0.15, 0.2) is 0 Å². The quantitative estimate of drug-likeness (QED) is 0.722. The summed E-state index contributed by atoms with van der Waals surface area (Å²) in [6, 6.07) is 20.7. The second-order valence-electron chi connectivity index (χ2n) is 3.62. The molecule has 0 unspecified atom stereocenters. The Kier molecular flexibility index (Phi) is 3.79. The Morgan fingerprint density at radius 1 is 0.750 bits per heavy atom. The molecule has 2 aromatic rings. The first-order valence-electron chi connectivity index (χ1n) is 5.28. The average Bonchev–Trinajstić information content (AvgIpc) is 2.38.